The van der Waals surface area contributed by atoms with Gasteiger partial charge in [-0.25, -0.2) is 4.98 Å². The van der Waals surface area contributed by atoms with E-state index in [2.05, 4.69) is 15.9 Å². The Labute approximate surface area is 87.2 Å². The molecule has 1 aromatic carbocycles. The first kappa shape index (κ1) is 9.22. The van der Waals surface area contributed by atoms with Crippen molar-refractivity contribution in [2.75, 3.05) is 0 Å². The van der Waals surface area contributed by atoms with Crippen molar-refractivity contribution in [2.45, 2.75) is 0 Å². The van der Waals surface area contributed by atoms with Crippen LogP contribution in [0.5, 0.6) is 0 Å². The number of rotatable bonds is 2. The molecule has 0 radical (unpaired) electrons. The molecule has 15 heavy (non-hydrogen) atoms. The number of carbonyl (C=O) groups is 1. The molecule has 0 amide bonds. The number of terminal acetylenes is 1. The zero-order valence-corrected chi connectivity index (χ0v) is 7.90. The Hall–Kier alpha value is -2.34. The Morgan fingerprint density at radius 2 is 2.33 bits per heavy atom. The quantitative estimate of drug-likeness (QED) is 0.588. The van der Waals surface area contributed by atoms with Crippen molar-refractivity contribution in [3.63, 3.8) is 0 Å². The lowest BCUT2D eigenvalue weighted by Gasteiger charge is -2.03. The van der Waals surface area contributed by atoms with Crippen molar-refractivity contribution in [1.82, 2.24) is 9.97 Å². The molecule has 0 saturated heterocycles. The van der Waals surface area contributed by atoms with Gasteiger partial charge in [0.25, 0.3) is 0 Å². The van der Waals surface area contributed by atoms with Gasteiger partial charge in [-0.05, 0) is 6.07 Å². The predicted molar refractivity (Wildman–Crippen MR) is 57.3 cm³/mol. The van der Waals surface area contributed by atoms with E-state index in [1.165, 1.54) is 0 Å². The minimum atomic E-state index is 0.506. The molecule has 2 aromatic rings. The molecule has 1 N–H and O–H groups in total. The Morgan fingerprint density at radius 1 is 1.47 bits per heavy atom. The lowest BCUT2D eigenvalue weighted by atomic mass is 10.0. The fourth-order valence-electron chi connectivity index (χ4n) is 1.44. The summed E-state index contributed by atoms with van der Waals surface area (Å²) in [5.41, 5.74) is 1.85. The number of nitrogens with one attached hydrogen (secondary N) is 1. The molecule has 0 unspecified atom stereocenters. The van der Waals surface area contributed by atoms with E-state index in [4.69, 9.17) is 6.42 Å². The van der Waals surface area contributed by atoms with Gasteiger partial charge in [-0.2, -0.15) is 0 Å². The number of hydrogen-bond acceptors (Lipinski definition) is 2. The molecule has 0 aliphatic rings. The number of aromatic nitrogens is 2. The molecule has 0 spiro atoms. The van der Waals surface area contributed by atoms with Gasteiger partial charge in [0, 0.05) is 29.1 Å². The smallest absolute Gasteiger partial charge is 0.151 e. The summed E-state index contributed by atoms with van der Waals surface area (Å²) < 4.78 is 0. The molecule has 0 aliphatic heterocycles. The summed E-state index contributed by atoms with van der Waals surface area (Å²) in [6.07, 6.45) is 9.49. The summed E-state index contributed by atoms with van der Waals surface area (Å²) in [5, 5.41) is 0. The fraction of sp³-hybridized carbons (Fsp3) is 0. The van der Waals surface area contributed by atoms with Gasteiger partial charge in [-0.1, -0.05) is 18.1 Å². The third kappa shape index (κ3) is 1.53. The standard InChI is InChI=1S/C12H8N2O/c1-2-10-9(8-15)4-3-5-11(10)12-13-6-7-14-12/h1,3-8H,(H,13,14). The minimum Gasteiger partial charge on any atom is -0.345 e. The third-order valence-corrected chi connectivity index (χ3v) is 2.12. The van der Waals surface area contributed by atoms with E-state index in [1.807, 2.05) is 6.07 Å². The lowest BCUT2D eigenvalue weighted by molar-refractivity contribution is 0.112. The van der Waals surface area contributed by atoms with Gasteiger partial charge in [0.05, 0.1) is 0 Å². The Kier molecular flexibility index (Phi) is 2.34. The molecule has 0 aliphatic carbocycles. The van der Waals surface area contributed by atoms with Crippen LogP contribution in [0.25, 0.3) is 11.4 Å². The minimum absolute atomic E-state index is 0.506. The second-order valence-electron chi connectivity index (χ2n) is 2.97. The maximum Gasteiger partial charge on any atom is 0.151 e. The first-order chi connectivity index (χ1) is 7.36. The largest absolute Gasteiger partial charge is 0.345 e. The Bertz CT molecular complexity index is 521. The summed E-state index contributed by atoms with van der Waals surface area (Å²) in [7, 11) is 0. The molecule has 3 nitrogen and oxygen atoms in total. The van der Waals surface area contributed by atoms with Gasteiger partial charge in [-0.3, -0.25) is 4.79 Å². The number of aromatic amines is 1. The summed E-state index contributed by atoms with van der Waals surface area (Å²) >= 11 is 0. The molecule has 1 heterocycles. The van der Waals surface area contributed by atoms with Crippen LogP contribution in [0.4, 0.5) is 0 Å². The number of aldehydes is 1. The van der Waals surface area contributed by atoms with E-state index in [9.17, 15) is 4.79 Å². The number of imidazole rings is 1. The maximum atomic E-state index is 10.8. The highest BCUT2D eigenvalue weighted by molar-refractivity contribution is 5.84. The van der Waals surface area contributed by atoms with Gasteiger partial charge in [-0.15, -0.1) is 6.42 Å². The third-order valence-electron chi connectivity index (χ3n) is 2.12. The highest BCUT2D eigenvalue weighted by Gasteiger charge is 2.08. The predicted octanol–water partition coefficient (Wildman–Crippen LogP) is 1.87. The zero-order chi connectivity index (χ0) is 10.7. The van der Waals surface area contributed by atoms with E-state index in [1.54, 1.807) is 24.5 Å². The van der Waals surface area contributed by atoms with Crippen molar-refractivity contribution < 1.29 is 4.79 Å². The van der Waals surface area contributed by atoms with Crippen molar-refractivity contribution in [2.24, 2.45) is 0 Å². The van der Waals surface area contributed by atoms with Gasteiger partial charge in [0.1, 0.15) is 5.82 Å². The number of hydrogen-bond donors (Lipinski definition) is 1. The van der Waals surface area contributed by atoms with E-state index in [-0.39, 0.29) is 0 Å². The highest BCUT2D eigenvalue weighted by atomic mass is 16.1. The summed E-state index contributed by atoms with van der Waals surface area (Å²) in [5.74, 6) is 3.18. The molecule has 0 bridgehead atoms. The van der Waals surface area contributed by atoms with Crippen molar-refractivity contribution in [3.05, 3.63) is 41.7 Å². The number of H-pyrrole nitrogens is 1. The summed E-state index contributed by atoms with van der Waals surface area (Å²) in [6.45, 7) is 0. The van der Waals surface area contributed by atoms with Crippen LogP contribution >= 0.6 is 0 Å². The van der Waals surface area contributed by atoms with Crippen LogP contribution in [0.3, 0.4) is 0 Å². The normalized spacial score (nSPS) is 9.53. The molecule has 3 heteroatoms. The van der Waals surface area contributed by atoms with Gasteiger partial charge in [0.15, 0.2) is 6.29 Å². The molecular formula is C12H8N2O. The molecule has 72 valence electrons. The van der Waals surface area contributed by atoms with Crippen LogP contribution < -0.4 is 0 Å². The number of carbonyl (C=O) groups excluding carboxylic acids is 1. The SMILES string of the molecule is C#Cc1c(C=O)cccc1-c1ncc[nH]1. The first-order valence-corrected chi connectivity index (χ1v) is 4.41. The molecule has 0 fully saturated rings. The van der Waals surface area contributed by atoms with Crippen molar-refractivity contribution in [3.8, 4) is 23.7 Å². The van der Waals surface area contributed by atoms with Crippen LogP contribution in [0.1, 0.15) is 15.9 Å². The van der Waals surface area contributed by atoms with Crippen molar-refractivity contribution in [1.29, 1.82) is 0 Å². The summed E-state index contributed by atoms with van der Waals surface area (Å²) in [4.78, 5) is 17.8. The Balaban J connectivity index is 2.68. The monoisotopic (exact) mass is 196 g/mol. The lowest BCUT2D eigenvalue weighted by Crippen LogP contribution is -1.92. The average Bonchev–Trinajstić information content (AvgIpc) is 2.81. The van der Waals surface area contributed by atoms with E-state index in [0.717, 1.165) is 11.8 Å². The Morgan fingerprint density at radius 3 is 2.93 bits per heavy atom. The molecule has 2 rings (SSSR count). The second-order valence-corrected chi connectivity index (χ2v) is 2.97. The average molecular weight is 196 g/mol. The number of nitrogens with zero attached hydrogens (tertiary/aromatic N) is 1. The summed E-state index contributed by atoms with van der Waals surface area (Å²) in [6, 6.07) is 5.30. The van der Waals surface area contributed by atoms with Crippen LogP contribution in [-0.2, 0) is 0 Å². The van der Waals surface area contributed by atoms with Gasteiger partial charge < -0.3 is 4.98 Å². The van der Waals surface area contributed by atoms with Crippen molar-refractivity contribution >= 4 is 6.29 Å². The molecule has 1 aromatic heterocycles. The maximum absolute atomic E-state index is 10.8. The molecule has 0 atom stereocenters. The second kappa shape index (κ2) is 3.81. The van der Waals surface area contributed by atoms with Gasteiger partial charge in [0.2, 0.25) is 0 Å². The van der Waals surface area contributed by atoms with Crippen LogP contribution in [0, 0.1) is 12.3 Å². The van der Waals surface area contributed by atoms with Crippen LogP contribution in [0.2, 0.25) is 0 Å². The fourth-order valence-corrected chi connectivity index (χ4v) is 1.44. The number of benzene rings is 1. The topological polar surface area (TPSA) is 45.8 Å². The molecular weight excluding hydrogens is 188 g/mol. The van der Waals surface area contributed by atoms with Crippen LogP contribution in [0.15, 0.2) is 30.6 Å². The zero-order valence-electron chi connectivity index (χ0n) is 7.90. The molecule has 0 saturated carbocycles. The van der Waals surface area contributed by atoms with E-state index in [0.29, 0.717) is 17.0 Å². The van der Waals surface area contributed by atoms with E-state index < -0.39 is 0 Å². The van der Waals surface area contributed by atoms with E-state index >= 15 is 0 Å². The van der Waals surface area contributed by atoms with Gasteiger partial charge >= 0.3 is 0 Å². The first-order valence-electron chi connectivity index (χ1n) is 4.41. The highest BCUT2D eigenvalue weighted by Crippen LogP contribution is 2.21. The van der Waals surface area contributed by atoms with Crippen LogP contribution in [-0.4, -0.2) is 16.3 Å².